The lowest BCUT2D eigenvalue weighted by atomic mass is 10.4. The third-order valence-corrected chi connectivity index (χ3v) is 2.05. The molecule has 0 aromatic rings. The van der Waals surface area contributed by atoms with Gasteiger partial charge in [0, 0.05) is 0 Å². The van der Waals surface area contributed by atoms with Gasteiger partial charge in [0.2, 0.25) is 0 Å². The van der Waals surface area contributed by atoms with Gasteiger partial charge in [-0.1, -0.05) is 13.8 Å². The fraction of sp³-hybridized carbons (Fsp3) is 1.00. The van der Waals surface area contributed by atoms with E-state index in [0.29, 0.717) is 6.10 Å². The minimum Gasteiger partial charge on any atom is -0.306 e. The van der Waals surface area contributed by atoms with Crippen LogP contribution in [-0.2, 0) is 4.84 Å². The molecule has 0 atom stereocenters. The molecule has 1 saturated heterocycles. The van der Waals surface area contributed by atoms with E-state index in [1.807, 2.05) is 13.8 Å². The highest BCUT2D eigenvalue weighted by Crippen LogP contribution is 2.20. The highest BCUT2D eigenvalue weighted by Gasteiger charge is 2.20. The lowest BCUT2D eigenvalue weighted by Gasteiger charge is -2.01. The first-order chi connectivity index (χ1) is 6.33. The molecule has 0 bridgehead atoms. The van der Waals surface area contributed by atoms with Crippen LogP contribution in [0.25, 0.3) is 0 Å². The van der Waals surface area contributed by atoms with Crippen molar-refractivity contribution in [1.29, 1.82) is 0 Å². The Bertz CT molecular complexity index is 99.1. The molecule has 1 heterocycles. The van der Waals surface area contributed by atoms with Gasteiger partial charge in [-0.15, -0.1) is 0 Å². The van der Waals surface area contributed by atoms with E-state index in [4.69, 9.17) is 5.90 Å². The van der Waals surface area contributed by atoms with Crippen molar-refractivity contribution >= 4 is 0 Å². The number of hydrogen-bond donors (Lipinski definition) is 1. The lowest BCUT2D eigenvalue weighted by molar-refractivity contribution is 0.123. The quantitative estimate of drug-likeness (QED) is 0.637. The molecule has 0 aromatic heterocycles. The Morgan fingerprint density at radius 2 is 1.62 bits per heavy atom. The molecule has 0 radical (unpaired) electrons. The van der Waals surface area contributed by atoms with E-state index < -0.39 is 0 Å². The largest absolute Gasteiger partial charge is 0.306 e. The summed E-state index contributed by atoms with van der Waals surface area (Å²) in [5.74, 6) is 4.73. The van der Waals surface area contributed by atoms with Gasteiger partial charge in [-0.25, -0.2) is 5.90 Å². The molecule has 2 aliphatic rings. The maximum Gasteiger partial charge on any atom is 0.0789 e. The summed E-state index contributed by atoms with van der Waals surface area (Å²) in [5.41, 5.74) is 0. The summed E-state index contributed by atoms with van der Waals surface area (Å²) in [4.78, 5) is 6.72. The molecule has 0 unspecified atom stereocenters. The maximum absolute atomic E-state index is 4.73. The lowest BCUT2D eigenvalue weighted by Crippen LogP contribution is -2.10. The van der Waals surface area contributed by atoms with Crippen LogP contribution < -0.4 is 5.90 Å². The molecular formula is C10H24N2O. The Morgan fingerprint density at radius 1 is 1.15 bits per heavy atom. The van der Waals surface area contributed by atoms with Crippen LogP contribution in [-0.4, -0.2) is 31.1 Å². The van der Waals surface area contributed by atoms with Gasteiger partial charge in [0.1, 0.15) is 0 Å². The average Bonchev–Trinajstić information content (AvgIpc) is 2.92. The van der Waals surface area contributed by atoms with Gasteiger partial charge in [-0.05, 0) is 45.8 Å². The predicted octanol–water partition coefficient (Wildman–Crippen LogP) is 1.78. The molecular weight excluding hydrogens is 164 g/mol. The summed E-state index contributed by atoms with van der Waals surface area (Å²) < 4.78 is 0. The molecule has 80 valence electrons. The van der Waals surface area contributed by atoms with Crippen LogP contribution >= 0.6 is 0 Å². The van der Waals surface area contributed by atoms with E-state index in [9.17, 15) is 0 Å². The Labute approximate surface area is 82.2 Å². The van der Waals surface area contributed by atoms with E-state index in [-0.39, 0.29) is 0 Å². The zero-order chi connectivity index (χ0) is 10.1. The second-order valence-electron chi connectivity index (χ2n) is 3.35. The minimum absolute atomic E-state index is 0.412. The summed E-state index contributed by atoms with van der Waals surface area (Å²) in [7, 11) is 2.17. The maximum atomic E-state index is 4.73. The van der Waals surface area contributed by atoms with Crippen LogP contribution in [0.15, 0.2) is 0 Å². The van der Waals surface area contributed by atoms with E-state index in [1.54, 1.807) is 0 Å². The van der Waals surface area contributed by atoms with Crippen molar-refractivity contribution in [3.63, 3.8) is 0 Å². The van der Waals surface area contributed by atoms with Crippen molar-refractivity contribution in [3.8, 4) is 0 Å². The second kappa shape index (κ2) is 8.48. The van der Waals surface area contributed by atoms with Gasteiger partial charge in [-0.3, -0.25) is 0 Å². The van der Waals surface area contributed by atoms with E-state index in [2.05, 4.69) is 16.8 Å². The van der Waals surface area contributed by atoms with Crippen LogP contribution in [0.1, 0.15) is 39.5 Å². The van der Waals surface area contributed by atoms with Gasteiger partial charge in [0.25, 0.3) is 0 Å². The standard InChI is InChI=1S/C5H11N.C3H7NO.C2H6/c1-6-4-2-3-5-6;4-5-3-1-2-3;1-2/h2-5H2,1H3;3H,1-2,4H2;1-2H3. The second-order valence-corrected chi connectivity index (χ2v) is 3.35. The Morgan fingerprint density at radius 3 is 1.69 bits per heavy atom. The molecule has 13 heavy (non-hydrogen) atoms. The first-order valence-electron chi connectivity index (χ1n) is 5.37. The summed E-state index contributed by atoms with van der Waals surface area (Å²) in [5, 5.41) is 0. The number of nitrogens with two attached hydrogens (primary N) is 1. The zero-order valence-electron chi connectivity index (χ0n) is 9.25. The number of likely N-dealkylation sites (tertiary alicyclic amines) is 1. The van der Waals surface area contributed by atoms with Crippen LogP contribution in [0.3, 0.4) is 0 Å². The molecule has 3 nitrogen and oxygen atoms in total. The van der Waals surface area contributed by atoms with Gasteiger partial charge >= 0.3 is 0 Å². The van der Waals surface area contributed by atoms with E-state index in [1.165, 1.54) is 25.9 Å². The Balaban J connectivity index is 0.000000189. The predicted molar refractivity (Wildman–Crippen MR) is 56.4 cm³/mol. The van der Waals surface area contributed by atoms with Crippen molar-refractivity contribution < 1.29 is 4.84 Å². The monoisotopic (exact) mass is 188 g/mol. The van der Waals surface area contributed by atoms with E-state index >= 15 is 0 Å². The number of rotatable bonds is 1. The molecule has 0 amide bonds. The fourth-order valence-electron chi connectivity index (χ4n) is 1.08. The summed E-state index contributed by atoms with van der Waals surface area (Å²) in [6.07, 6.45) is 5.56. The van der Waals surface area contributed by atoms with Crippen molar-refractivity contribution in [2.24, 2.45) is 5.90 Å². The third kappa shape index (κ3) is 8.22. The van der Waals surface area contributed by atoms with Crippen molar-refractivity contribution in [2.45, 2.75) is 45.6 Å². The molecule has 1 saturated carbocycles. The normalized spacial score (nSPS) is 21.2. The SMILES string of the molecule is CC.CN1CCCC1.NOC1CC1. The van der Waals surface area contributed by atoms with Gasteiger partial charge in [0.15, 0.2) is 0 Å². The van der Waals surface area contributed by atoms with Crippen LogP contribution in [0.4, 0.5) is 0 Å². The number of hydrogen-bond acceptors (Lipinski definition) is 3. The summed E-state index contributed by atoms with van der Waals surface area (Å²) in [6.45, 7) is 6.64. The third-order valence-electron chi connectivity index (χ3n) is 2.05. The van der Waals surface area contributed by atoms with Crippen LogP contribution in [0.2, 0.25) is 0 Å². The summed E-state index contributed by atoms with van der Waals surface area (Å²) in [6, 6.07) is 0. The average molecular weight is 188 g/mol. The van der Waals surface area contributed by atoms with Gasteiger partial charge in [0.05, 0.1) is 6.10 Å². The van der Waals surface area contributed by atoms with Crippen molar-refractivity contribution in [1.82, 2.24) is 4.90 Å². The Hall–Kier alpha value is -0.120. The molecule has 1 aliphatic heterocycles. The molecule has 2 rings (SSSR count). The molecule has 2 fully saturated rings. The first kappa shape index (κ1) is 12.9. The molecule has 0 spiro atoms. The summed E-state index contributed by atoms with van der Waals surface area (Å²) >= 11 is 0. The molecule has 0 aromatic carbocycles. The fourth-order valence-corrected chi connectivity index (χ4v) is 1.08. The Kier molecular flexibility index (Phi) is 8.40. The molecule has 3 heteroatoms. The molecule has 1 aliphatic carbocycles. The zero-order valence-corrected chi connectivity index (χ0v) is 9.25. The van der Waals surface area contributed by atoms with Gasteiger partial charge < -0.3 is 9.74 Å². The minimum atomic E-state index is 0.412. The highest BCUT2D eigenvalue weighted by atomic mass is 16.6. The number of nitrogens with zero attached hydrogens (tertiary/aromatic N) is 1. The van der Waals surface area contributed by atoms with E-state index in [0.717, 1.165) is 12.8 Å². The smallest absolute Gasteiger partial charge is 0.0789 e. The van der Waals surface area contributed by atoms with Crippen LogP contribution in [0, 0.1) is 0 Å². The van der Waals surface area contributed by atoms with Gasteiger partial charge in [-0.2, -0.15) is 0 Å². The van der Waals surface area contributed by atoms with Crippen molar-refractivity contribution in [2.75, 3.05) is 20.1 Å². The van der Waals surface area contributed by atoms with Crippen LogP contribution in [0.5, 0.6) is 0 Å². The van der Waals surface area contributed by atoms with Crippen molar-refractivity contribution in [3.05, 3.63) is 0 Å². The topological polar surface area (TPSA) is 38.5 Å². The molecule has 2 N–H and O–H groups in total. The first-order valence-corrected chi connectivity index (χ1v) is 5.37. The highest BCUT2D eigenvalue weighted by molar-refractivity contribution is 4.71.